The van der Waals surface area contributed by atoms with Crippen LogP contribution in [-0.2, 0) is 19.0 Å². The SMILES string of the molecule is C[Si](C)(C)CCOCN=C(C=CN)c1ccc(Oc2ccc(N)c(C=NCCOS(C)(=O)=O)c2)cc1. The summed E-state index contributed by atoms with van der Waals surface area (Å²) in [4.78, 5) is 8.69. The van der Waals surface area contributed by atoms with Crippen LogP contribution in [0.1, 0.15) is 11.1 Å². The Morgan fingerprint density at radius 3 is 2.39 bits per heavy atom. The first kappa shape index (κ1) is 29.2. The van der Waals surface area contributed by atoms with Crippen LogP contribution < -0.4 is 16.2 Å². The van der Waals surface area contributed by atoms with E-state index in [0.717, 1.165) is 23.6 Å². The number of nitrogen functional groups attached to an aromatic ring is 1. The number of benzene rings is 2. The van der Waals surface area contributed by atoms with Gasteiger partial charge in [-0.2, -0.15) is 8.42 Å². The number of hydrogen-bond acceptors (Lipinski definition) is 9. The molecule has 0 amide bonds. The molecule has 2 aromatic carbocycles. The summed E-state index contributed by atoms with van der Waals surface area (Å²) in [6.07, 6.45) is 5.75. The van der Waals surface area contributed by atoms with Crippen LogP contribution in [-0.4, -0.2) is 61.2 Å². The van der Waals surface area contributed by atoms with Crippen LogP contribution in [0.4, 0.5) is 5.69 Å². The zero-order valence-corrected chi connectivity index (χ0v) is 23.1. The van der Waals surface area contributed by atoms with Crippen molar-refractivity contribution in [2.45, 2.75) is 25.7 Å². The van der Waals surface area contributed by atoms with E-state index in [1.165, 1.54) is 6.20 Å². The summed E-state index contributed by atoms with van der Waals surface area (Å²) in [5, 5.41) is 0. The lowest BCUT2D eigenvalue weighted by Crippen LogP contribution is -2.21. The van der Waals surface area contributed by atoms with Crippen LogP contribution >= 0.6 is 0 Å². The van der Waals surface area contributed by atoms with Crippen molar-refractivity contribution in [3.05, 3.63) is 65.9 Å². The lowest BCUT2D eigenvalue weighted by atomic mass is 10.1. The Morgan fingerprint density at radius 2 is 1.75 bits per heavy atom. The highest BCUT2D eigenvalue weighted by Gasteiger charge is 2.12. The van der Waals surface area contributed by atoms with E-state index in [9.17, 15) is 8.42 Å². The van der Waals surface area contributed by atoms with Crippen molar-refractivity contribution in [3.63, 3.8) is 0 Å². The van der Waals surface area contributed by atoms with Crippen LogP contribution in [0.2, 0.25) is 25.7 Å². The quantitative estimate of drug-likeness (QED) is 0.123. The molecule has 0 aliphatic rings. The second-order valence-electron chi connectivity index (χ2n) is 9.23. The molecular formula is C25H36N4O5SSi. The third kappa shape index (κ3) is 11.6. The van der Waals surface area contributed by atoms with Gasteiger partial charge in [-0.05, 0) is 60.8 Å². The largest absolute Gasteiger partial charge is 0.457 e. The van der Waals surface area contributed by atoms with Gasteiger partial charge in [0.2, 0.25) is 0 Å². The highest BCUT2D eigenvalue weighted by molar-refractivity contribution is 7.85. The summed E-state index contributed by atoms with van der Waals surface area (Å²) >= 11 is 0. The zero-order valence-electron chi connectivity index (χ0n) is 21.3. The van der Waals surface area contributed by atoms with Crippen molar-refractivity contribution in [1.29, 1.82) is 0 Å². The molecule has 9 nitrogen and oxygen atoms in total. The molecule has 36 heavy (non-hydrogen) atoms. The number of allylic oxidation sites excluding steroid dienone is 1. The predicted molar refractivity (Wildman–Crippen MR) is 149 cm³/mol. The summed E-state index contributed by atoms with van der Waals surface area (Å²) in [6.45, 7) is 8.06. The molecule has 0 bridgehead atoms. The molecule has 0 heterocycles. The smallest absolute Gasteiger partial charge is 0.264 e. The fourth-order valence-electron chi connectivity index (χ4n) is 2.85. The average molecular weight is 533 g/mol. The Labute approximate surface area is 215 Å². The van der Waals surface area contributed by atoms with Crippen molar-refractivity contribution in [3.8, 4) is 11.5 Å². The van der Waals surface area contributed by atoms with Gasteiger partial charge in [-0.25, -0.2) is 0 Å². The van der Waals surface area contributed by atoms with Gasteiger partial charge < -0.3 is 20.9 Å². The summed E-state index contributed by atoms with van der Waals surface area (Å²) < 4.78 is 38.3. The number of aliphatic imine (C=N–C) groups is 2. The molecule has 0 unspecified atom stereocenters. The van der Waals surface area contributed by atoms with Gasteiger partial charge in [0.15, 0.2) is 0 Å². The third-order valence-electron chi connectivity index (χ3n) is 4.77. The molecule has 0 radical (unpaired) electrons. The van der Waals surface area contributed by atoms with Gasteiger partial charge >= 0.3 is 0 Å². The van der Waals surface area contributed by atoms with Crippen molar-refractivity contribution in [2.24, 2.45) is 15.7 Å². The predicted octanol–water partition coefficient (Wildman–Crippen LogP) is 4.03. The number of nitrogens with zero attached hydrogens (tertiary/aromatic N) is 2. The fourth-order valence-corrected chi connectivity index (χ4v) is 3.99. The molecule has 0 atom stereocenters. The molecule has 0 aromatic heterocycles. The van der Waals surface area contributed by atoms with Gasteiger partial charge in [0.05, 0.1) is 25.1 Å². The molecule has 196 valence electrons. The maximum absolute atomic E-state index is 11.0. The second-order valence-corrected chi connectivity index (χ2v) is 16.5. The van der Waals surface area contributed by atoms with Gasteiger partial charge in [0.1, 0.15) is 18.2 Å². The van der Waals surface area contributed by atoms with Crippen molar-refractivity contribution in [1.82, 2.24) is 0 Å². The Hall–Kier alpha value is -2.99. The maximum Gasteiger partial charge on any atom is 0.264 e. The van der Waals surface area contributed by atoms with Crippen molar-refractivity contribution < 1.29 is 22.1 Å². The minimum absolute atomic E-state index is 0.0347. The van der Waals surface area contributed by atoms with E-state index in [4.69, 9.17) is 20.9 Å². The minimum Gasteiger partial charge on any atom is -0.457 e. The number of rotatable bonds is 14. The summed E-state index contributed by atoms with van der Waals surface area (Å²) in [5.41, 5.74) is 14.4. The molecular weight excluding hydrogens is 496 g/mol. The van der Waals surface area contributed by atoms with E-state index >= 15 is 0 Å². The van der Waals surface area contributed by atoms with Gasteiger partial charge in [0.25, 0.3) is 10.1 Å². The average Bonchev–Trinajstić information content (AvgIpc) is 2.79. The Balaban J connectivity index is 2.01. The topological polar surface area (TPSA) is 139 Å². The van der Waals surface area contributed by atoms with Gasteiger partial charge in [-0.1, -0.05) is 19.6 Å². The first-order valence-electron chi connectivity index (χ1n) is 11.5. The highest BCUT2D eigenvalue weighted by atomic mass is 32.2. The number of nitrogens with two attached hydrogens (primary N) is 2. The molecule has 0 saturated carbocycles. The standard InChI is InChI=1S/C25H36N4O5SSi/c1-35(30,31)33-14-13-28-18-21-17-23(9-10-24(21)27)34-22-7-5-20(6-8-22)25(11-12-26)29-19-32-15-16-36(2,3)4/h5-12,17-18H,13-16,19,26-27H2,1-4H3. The summed E-state index contributed by atoms with van der Waals surface area (Å²) in [7, 11) is -4.62. The van der Waals surface area contributed by atoms with E-state index in [1.807, 2.05) is 24.3 Å². The molecule has 2 aromatic rings. The number of anilines is 1. The number of hydrogen-bond donors (Lipinski definition) is 2. The summed E-state index contributed by atoms with van der Waals surface area (Å²) in [5.74, 6) is 1.22. The van der Waals surface area contributed by atoms with Gasteiger partial charge in [0, 0.05) is 37.7 Å². The van der Waals surface area contributed by atoms with Crippen LogP contribution in [0, 0.1) is 0 Å². The first-order chi connectivity index (χ1) is 17.0. The van der Waals surface area contributed by atoms with E-state index in [2.05, 4.69) is 33.8 Å². The molecule has 0 aliphatic heterocycles. The van der Waals surface area contributed by atoms with Gasteiger partial charge in [-0.15, -0.1) is 0 Å². The number of ether oxygens (including phenoxy) is 2. The molecule has 0 spiro atoms. The zero-order chi connectivity index (χ0) is 26.6. The Morgan fingerprint density at radius 1 is 1.06 bits per heavy atom. The monoisotopic (exact) mass is 532 g/mol. The molecule has 2 rings (SSSR count). The van der Waals surface area contributed by atoms with Crippen LogP contribution in [0.5, 0.6) is 11.5 Å². The molecule has 0 fully saturated rings. The highest BCUT2D eigenvalue weighted by Crippen LogP contribution is 2.25. The van der Waals surface area contributed by atoms with Crippen molar-refractivity contribution >= 4 is 35.8 Å². The lowest BCUT2D eigenvalue weighted by Gasteiger charge is -2.14. The van der Waals surface area contributed by atoms with Gasteiger partial charge in [-0.3, -0.25) is 14.2 Å². The normalized spacial score (nSPS) is 13.1. The molecule has 11 heteroatoms. The molecule has 0 saturated heterocycles. The van der Waals surface area contributed by atoms with Crippen LogP contribution in [0.15, 0.2) is 64.7 Å². The maximum atomic E-state index is 11.0. The lowest BCUT2D eigenvalue weighted by molar-refractivity contribution is 0.155. The first-order valence-corrected chi connectivity index (χ1v) is 17.0. The van der Waals surface area contributed by atoms with E-state index < -0.39 is 18.2 Å². The molecule has 0 aliphatic carbocycles. The summed E-state index contributed by atoms with van der Waals surface area (Å²) in [6, 6.07) is 13.8. The van der Waals surface area contributed by atoms with E-state index in [0.29, 0.717) is 29.4 Å². The minimum atomic E-state index is -3.48. The van der Waals surface area contributed by atoms with Crippen LogP contribution in [0.3, 0.4) is 0 Å². The van der Waals surface area contributed by atoms with E-state index in [-0.39, 0.29) is 19.9 Å². The third-order valence-corrected chi connectivity index (χ3v) is 7.07. The van der Waals surface area contributed by atoms with E-state index in [1.54, 1.807) is 30.5 Å². The molecule has 4 N–H and O–H groups in total. The van der Waals surface area contributed by atoms with Crippen molar-refractivity contribution in [2.75, 3.05) is 38.5 Å². The van der Waals surface area contributed by atoms with Crippen LogP contribution in [0.25, 0.3) is 0 Å². The second kappa shape index (κ2) is 13.9. The Bertz CT molecular complexity index is 1170. The Kier molecular flexibility index (Phi) is 11.3. The fraction of sp³-hybridized carbons (Fsp3) is 0.360.